The molecule has 0 aromatic rings. The minimum absolute atomic E-state index is 0.0679. The van der Waals surface area contributed by atoms with Gasteiger partial charge in [-0.25, -0.2) is 4.79 Å². The molecule has 0 aromatic heterocycles. The molecule has 88 valence electrons. The average molecular weight is 278 g/mol. The van der Waals surface area contributed by atoms with Crippen molar-refractivity contribution in [2.75, 3.05) is 5.33 Å². The minimum atomic E-state index is -0.512. The Kier molecular flexibility index (Phi) is 6.10. The van der Waals surface area contributed by atoms with E-state index in [4.69, 9.17) is 10.1 Å². The van der Waals surface area contributed by atoms with Crippen molar-refractivity contribution >= 4 is 27.6 Å². The first kappa shape index (κ1) is 14.6. The Hall–Kier alpha value is -0.380. The molecule has 1 unspecified atom stereocenters. The first-order valence-electron chi connectivity index (χ1n) is 5.13. The fraction of sp³-hybridized carbons (Fsp3) is 0.818. The first-order valence-corrected chi connectivity index (χ1v) is 6.25. The zero-order chi connectivity index (χ0) is 12.1. The van der Waals surface area contributed by atoms with E-state index in [2.05, 4.69) is 15.9 Å². The van der Waals surface area contributed by atoms with E-state index in [0.29, 0.717) is 12.3 Å². The Morgan fingerprint density at radius 1 is 1.47 bits per heavy atom. The highest BCUT2D eigenvalue weighted by Gasteiger charge is 2.20. The predicted octanol–water partition coefficient (Wildman–Crippen LogP) is 3.16. The van der Waals surface area contributed by atoms with Gasteiger partial charge in [-0.1, -0.05) is 22.9 Å². The predicted molar refractivity (Wildman–Crippen MR) is 65.8 cm³/mol. The van der Waals surface area contributed by atoms with Crippen molar-refractivity contribution in [3.8, 4) is 0 Å². The number of esters is 1. The second-order valence-electron chi connectivity index (χ2n) is 4.77. The molecular weight excluding hydrogens is 258 g/mol. The van der Waals surface area contributed by atoms with E-state index >= 15 is 0 Å². The van der Waals surface area contributed by atoms with Crippen LogP contribution in [-0.4, -0.2) is 22.6 Å². The van der Waals surface area contributed by atoms with Crippen molar-refractivity contribution in [2.24, 2.45) is 5.92 Å². The van der Waals surface area contributed by atoms with Gasteiger partial charge in [-0.05, 0) is 39.5 Å². The highest BCUT2D eigenvalue weighted by atomic mass is 79.9. The molecule has 0 saturated heterocycles. The zero-order valence-corrected chi connectivity index (χ0v) is 11.5. The van der Waals surface area contributed by atoms with Crippen molar-refractivity contribution < 1.29 is 9.53 Å². The van der Waals surface area contributed by atoms with Crippen LogP contribution >= 0.6 is 15.9 Å². The monoisotopic (exact) mass is 277 g/mol. The summed E-state index contributed by atoms with van der Waals surface area (Å²) in [5.74, 6) is -0.159. The molecule has 0 fully saturated rings. The summed E-state index contributed by atoms with van der Waals surface area (Å²) in [4.78, 5) is 11.4. The van der Waals surface area contributed by atoms with Crippen LogP contribution in [-0.2, 0) is 9.53 Å². The van der Waals surface area contributed by atoms with Crippen LogP contribution < -0.4 is 0 Å². The number of halogens is 1. The van der Waals surface area contributed by atoms with Gasteiger partial charge >= 0.3 is 5.97 Å². The third-order valence-electron chi connectivity index (χ3n) is 1.80. The van der Waals surface area contributed by atoms with E-state index in [1.807, 2.05) is 6.92 Å². The molecule has 0 rings (SSSR count). The molecule has 15 heavy (non-hydrogen) atoms. The minimum Gasteiger partial charge on any atom is -0.456 e. The Labute approximate surface area is 100 Å². The van der Waals surface area contributed by atoms with Gasteiger partial charge < -0.3 is 4.74 Å². The molecule has 0 aliphatic carbocycles. The van der Waals surface area contributed by atoms with Gasteiger partial charge in [0.15, 0.2) is 0 Å². The Balaban J connectivity index is 4.06. The number of ether oxygens (including phenoxy) is 1. The number of carbonyl (C=O) groups is 1. The number of hydrogen-bond acceptors (Lipinski definition) is 3. The number of nitrogens with one attached hydrogen (secondary N) is 1. The molecule has 0 amide bonds. The van der Waals surface area contributed by atoms with Crippen molar-refractivity contribution in [1.29, 1.82) is 5.41 Å². The van der Waals surface area contributed by atoms with Crippen LogP contribution in [0, 0.1) is 11.3 Å². The third kappa shape index (κ3) is 7.54. The molecule has 0 saturated carbocycles. The molecule has 0 aromatic carbocycles. The smallest absolute Gasteiger partial charge is 0.352 e. The lowest BCUT2D eigenvalue weighted by molar-refractivity contribution is -0.146. The molecule has 0 radical (unpaired) electrons. The van der Waals surface area contributed by atoms with Crippen LogP contribution in [0.3, 0.4) is 0 Å². The topological polar surface area (TPSA) is 50.2 Å². The standard InChI is InChI=1S/C11H20BrNO2/c1-8(5-6-12)7-9(13)10(14)15-11(2,3)4/h8,13H,5-7H2,1-4H3. The number of rotatable bonds is 5. The third-order valence-corrected chi connectivity index (χ3v) is 2.26. The van der Waals surface area contributed by atoms with Gasteiger partial charge in [-0.15, -0.1) is 0 Å². The molecule has 0 aliphatic rings. The quantitative estimate of drug-likeness (QED) is 0.477. The van der Waals surface area contributed by atoms with E-state index in [1.165, 1.54) is 0 Å². The lowest BCUT2D eigenvalue weighted by Crippen LogP contribution is -2.29. The van der Waals surface area contributed by atoms with Gasteiger partial charge in [0.2, 0.25) is 0 Å². The van der Waals surface area contributed by atoms with E-state index < -0.39 is 11.6 Å². The maximum atomic E-state index is 11.4. The maximum Gasteiger partial charge on any atom is 0.352 e. The molecule has 0 heterocycles. The first-order chi connectivity index (χ1) is 6.76. The Morgan fingerprint density at radius 2 is 2.00 bits per heavy atom. The van der Waals surface area contributed by atoms with Crippen molar-refractivity contribution in [3.05, 3.63) is 0 Å². The lowest BCUT2D eigenvalue weighted by atomic mass is 10.0. The van der Waals surface area contributed by atoms with Crippen molar-refractivity contribution in [1.82, 2.24) is 0 Å². The van der Waals surface area contributed by atoms with Crippen LogP contribution in [0.25, 0.3) is 0 Å². The van der Waals surface area contributed by atoms with Crippen LogP contribution in [0.15, 0.2) is 0 Å². The van der Waals surface area contributed by atoms with E-state index in [1.54, 1.807) is 20.8 Å². The number of alkyl halides is 1. The Morgan fingerprint density at radius 3 is 2.40 bits per heavy atom. The summed E-state index contributed by atoms with van der Waals surface area (Å²) in [5, 5.41) is 8.49. The molecule has 0 aliphatic heterocycles. The van der Waals surface area contributed by atoms with Gasteiger partial charge in [0.1, 0.15) is 11.3 Å². The van der Waals surface area contributed by atoms with Crippen LogP contribution in [0.2, 0.25) is 0 Å². The normalized spacial score (nSPS) is 13.4. The van der Waals surface area contributed by atoms with Crippen LogP contribution in [0.4, 0.5) is 0 Å². The molecule has 0 spiro atoms. The largest absolute Gasteiger partial charge is 0.456 e. The highest BCUT2D eigenvalue weighted by molar-refractivity contribution is 9.09. The fourth-order valence-electron chi connectivity index (χ4n) is 1.06. The molecule has 0 bridgehead atoms. The SMILES string of the molecule is CC(CCBr)CC(=N)C(=O)OC(C)(C)C. The van der Waals surface area contributed by atoms with Crippen LogP contribution in [0.1, 0.15) is 40.5 Å². The molecular formula is C11H20BrNO2. The number of carbonyl (C=O) groups excluding carboxylic acids is 1. The van der Waals surface area contributed by atoms with Crippen molar-refractivity contribution in [2.45, 2.75) is 46.1 Å². The fourth-order valence-corrected chi connectivity index (χ4v) is 1.84. The van der Waals surface area contributed by atoms with E-state index in [-0.39, 0.29) is 5.71 Å². The maximum absolute atomic E-state index is 11.4. The molecule has 1 atom stereocenters. The molecule has 3 nitrogen and oxygen atoms in total. The van der Waals surface area contributed by atoms with Gasteiger partial charge in [-0.3, -0.25) is 5.41 Å². The van der Waals surface area contributed by atoms with Gasteiger partial charge in [0.25, 0.3) is 0 Å². The molecule has 4 heteroatoms. The second-order valence-corrected chi connectivity index (χ2v) is 5.56. The average Bonchev–Trinajstić information content (AvgIpc) is 2.00. The van der Waals surface area contributed by atoms with Crippen molar-refractivity contribution in [3.63, 3.8) is 0 Å². The summed E-state index contributed by atoms with van der Waals surface area (Å²) in [6.45, 7) is 7.44. The summed E-state index contributed by atoms with van der Waals surface area (Å²) in [5.41, 5.74) is -0.444. The molecule has 1 N–H and O–H groups in total. The lowest BCUT2D eigenvalue weighted by Gasteiger charge is -2.20. The second kappa shape index (κ2) is 6.26. The summed E-state index contributed by atoms with van der Waals surface area (Å²) in [7, 11) is 0. The van der Waals surface area contributed by atoms with Gasteiger partial charge in [-0.2, -0.15) is 0 Å². The highest BCUT2D eigenvalue weighted by Crippen LogP contribution is 2.13. The summed E-state index contributed by atoms with van der Waals surface area (Å²) < 4.78 is 5.10. The summed E-state index contributed by atoms with van der Waals surface area (Å²) in [6, 6.07) is 0. The van der Waals surface area contributed by atoms with E-state index in [9.17, 15) is 4.79 Å². The van der Waals surface area contributed by atoms with E-state index in [0.717, 1.165) is 11.8 Å². The summed E-state index contributed by atoms with van der Waals surface area (Å²) >= 11 is 3.34. The Bertz CT molecular complexity index is 233. The zero-order valence-electron chi connectivity index (χ0n) is 9.89. The number of hydrogen-bond donors (Lipinski definition) is 1. The van der Waals surface area contributed by atoms with Gasteiger partial charge in [0, 0.05) is 5.33 Å². The van der Waals surface area contributed by atoms with Crippen LogP contribution in [0.5, 0.6) is 0 Å². The van der Waals surface area contributed by atoms with Gasteiger partial charge in [0.05, 0.1) is 0 Å². The summed E-state index contributed by atoms with van der Waals surface area (Å²) in [6.07, 6.45) is 1.45.